The van der Waals surface area contributed by atoms with Crippen LogP contribution in [0.1, 0.15) is 37.7 Å². The monoisotopic (exact) mass is 286 g/mol. The van der Waals surface area contributed by atoms with Crippen LogP contribution in [0, 0.1) is 5.92 Å². The van der Waals surface area contributed by atoms with Gasteiger partial charge in [-0.3, -0.25) is 9.59 Å². The van der Waals surface area contributed by atoms with Crippen molar-refractivity contribution in [2.24, 2.45) is 5.92 Å². The minimum Gasteiger partial charge on any atom is -0.345 e. The molecule has 0 bridgehead atoms. The van der Waals surface area contributed by atoms with E-state index in [0.717, 1.165) is 18.4 Å². The van der Waals surface area contributed by atoms with Crippen LogP contribution in [0.25, 0.3) is 0 Å². The Labute approximate surface area is 125 Å². The molecular weight excluding hydrogens is 264 g/mol. The molecule has 1 N–H and O–H groups in total. The summed E-state index contributed by atoms with van der Waals surface area (Å²) in [7, 11) is 0. The van der Waals surface area contributed by atoms with E-state index in [1.807, 2.05) is 30.3 Å². The predicted octanol–water partition coefficient (Wildman–Crippen LogP) is 2.09. The van der Waals surface area contributed by atoms with Gasteiger partial charge in [-0.1, -0.05) is 49.6 Å². The van der Waals surface area contributed by atoms with Gasteiger partial charge in [-0.15, -0.1) is 0 Å². The van der Waals surface area contributed by atoms with Crippen LogP contribution in [0.15, 0.2) is 30.3 Å². The maximum absolute atomic E-state index is 12.3. The van der Waals surface area contributed by atoms with E-state index in [0.29, 0.717) is 12.5 Å². The summed E-state index contributed by atoms with van der Waals surface area (Å²) in [5.74, 6) is 0.373. The van der Waals surface area contributed by atoms with Crippen LogP contribution in [-0.4, -0.2) is 29.3 Å². The molecule has 1 aliphatic heterocycles. The molecule has 2 aliphatic rings. The molecule has 4 nitrogen and oxygen atoms in total. The topological polar surface area (TPSA) is 49.4 Å². The zero-order chi connectivity index (χ0) is 14.7. The van der Waals surface area contributed by atoms with Crippen molar-refractivity contribution in [2.75, 3.05) is 6.54 Å². The second-order valence-electron chi connectivity index (χ2n) is 6.07. The lowest BCUT2D eigenvalue weighted by molar-refractivity contribution is -0.149. The van der Waals surface area contributed by atoms with Gasteiger partial charge in [0, 0.05) is 6.54 Å². The largest absolute Gasteiger partial charge is 0.345 e. The summed E-state index contributed by atoms with van der Waals surface area (Å²) in [5.41, 5.74) is 1.08. The molecule has 1 unspecified atom stereocenters. The van der Waals surface area contributed by atoms with Crippen molar-refractivity contribution in [1.82, 2.24) is 10.2 Å². The van der Waals surface area contributed by atoms with Gasteiger partial charge in [0.05, 0.1) is 6.54 Å². The summed E-state index contributed by atoms with van der Waals surface area (Å²) in [6, 6.07) is 9.65. The summed E-state index contributed by atoms with van der Waals surface area (Å²) in [5, 5.41) is 2.76. The summed E-state index contributed by atoms with van der Waals surface area (Å²) in [6.45, 7) is 0.670. The fourth-order valence-electron chi connectivity index (χ4n) is 3.55. The number of carbonyl (C=O) groups excluding carboxylic acids is 2. The molecule has 112 valence electrons. The average molecular weight is 286 g/mol. The van der Waals surface area contributed by atoms with E-state index in [-0.39, 0.29) is 24.4 Å². The minimum atomic E-state index is -0.285. The molecule has 2 amide bonds. The molecule has 1 atom stereocenters. The van der Waals surface area contributed by atoms with Gasteiger partial charge in [0.25, 0.3) is 0 Å². The number of benzene rings is 1. The number of rotatable bonds is 3. The molecular formula is C17H22N2O2. The molecule has 4 heteroatoms. The molecule has 0 spiro atoms. The molecule has 1 aromatic carbocycles. The lowest BCUT2D eigenvalue weighted by Crippen LogP contribution is -2.60. The van der Waals surface area contributed by atoms with E-state index in [1.165, 1.54) is 19.3 Å². The number of piperazine rings is 1. The summed E-state index contributed by atoms with van der Waals surface area (Å²) in [4.78, 5) is 26.4. The zero-order valence-electron chi connectivity index (χ0n) is 12.3. The van der Waals surface area contributed by atoms with Gasteiger partial charge < -0.3 is 10.2 Å². The van der Waals surface area contributed by atoms with Crippen LogP contribution >= 0.6 is 0 Å². The first kappa shape index (κ1) is 14.1. The normalized spacial score (nSPS) is 24.0. The summed E-state index contributed by atoms with van der Waals surface area (Å²) in [6.07, 6.45) is 5.69. The second kappa shape index (κ2) is 6.29. The molecule has 21 heavy (non-hydrogen) atoms. The van der Waals surface area contributed by atoms with E-state index in [1.54, 1.807) is 4.90 Å². The van der Waals surface area contributed by atoms with E-state index < -0.39 is 0 Å². The highest BCUT2D eigenvalue weighted by molar-refractivity contribution is 5.95. The highest BCUT2D eigenvalue weighted by Gasteiger charge is 2.39. The van der Waals surface area contributed by atoms with E-state index in [2.05, 4.69) is 5.32 Å². The van der Waals surface area contributed by atoms with Gasteiger partial charge in [-0.2, -0.15) is 0 Å². The Bertz CT molecular complexity index is 509. The zero-order valence-corrected chi connectivity index (χ0v) is 12.3. The Morgan fingerprint density at radius 2 is 1.76 bits per heavy atom. The molecule has 2 fully saturated rings. The molecule has 1 saturated carbocycles. The van der Waals surface area contributed by atoms with E-state index >= 15 is 0 Å². The second-order valence-corrected chi connectivity index (χ2v) is 6.07. The molecule has 0 aromatic heterocycles. The van der Waals surface area contributed by atoms with Crippen LogP contribution in [0.3, 0.4) is 0 Å². The maximum atomic E-state index is 12.3. The Hall–Kier alpha value is -1.84. The van der Waals surface area contributed by atoms with Gasteiger partial charge in [-0.25, -0.2) is 0 Å². The van der Waals surface area contributed by atoms with Crippen LogP contribution in [-0.2, 0) is 16.1 Å². The van der Waals surface area contributed by atoms with Gasteiger partial charge >= 0.3 is 0 Å². The van der Waals surface area contributed by atoms with Crippen molar-refractivity contribution < 1.29 is 9.59 Å². The van der Waals surface area contributed by atoms with Crippen molar-refractivity contribution in [3.05, 3.63) is 35.9 Å². The number of nitrogens with one attached hydrogen (secondary N) is 1. The van der Waals surface area contributed by atoms with Crippen LogP contribution in [0.5, 0.6) is 0 Å². The standard InChI is InChI=1S/C17H22N2O2/c20-15-11-18-17(21)16(14-9-5-2-6-10-14)19(15)12-13-7-3-1-4-8-13/h1,3-4,7-8,14,16H,2,5-6,9-12H2,(H,18,21). The molecule has 1 aliphatic carbocycles. The Morgan fingerprint density at radius 3 is 2.48 bits per heavy atom. The first-order chi connectivity index (χ1) is 10.3. The lowest BCUT2D eigenvalue weighted by Gasteiger charge is -2.40. The van der Waals surface area contributed by atoms with Gasteiger partial charge in [0.1, 0.15) is 6.04 Å². The van der Waals surface area contributed by atoms with E-state index in [9.17, 15) is 9.59 Å². The molecule has 0 radical (unpaired) electrons. The number of hydrogen-bond acceptors (Lipinski definition) is 2. The lowest BCUT2D eigenvalue weighted by atomic mass is 9.82. The highest BCUT2D eigenvalue weighted by Crippen LogP contribution is 2.31. The molecule has 1 aromatic rings. The maximum Gasteiger partial charge on any atom is 0.243 e. The van der Waals surface area contributed by atoms with Crippen LogP contribution in [0.4, 0.5) is 0 Å². The van der Waals surface area contributed by atoms with Crippen molar-refractivity contribution >= 4 is 11.8 Å². The van der Waals surface area contributed by atoms with Crippen molar-refractivity contribution in [2.45, 2.75) is 44.7 Å². The van der Waals surface area contributed by atoms with Gasteiger partial charge in [0.2, 0.25) is 11.8 Å². The number of nitrogens with zero attached hydrogens (tertiary/aromatic N) is 1. The minimum absolute atomic E-state index is 0.0254. The number of carbonyl (C=O) groups is 2. The van der Waals surface area contributed by atoms with Crippen molar-refractivity contribution in [1.29, 1.82) is 0 Å². The third-order valence-electron chi connectivity index (χ3n) is 4.63. The number of hydrogen-bond donors (Lipinski definition) is 1. The first-order valence-corrected chi connectivity index (χ1v) is 7.87. The molecule has 1 heterocycles. The van der Waals surface area contributed by atoms with Gasteiger partial charge in [-0.05, 0) is 24.3 Å². The van der Waals surface area contributed by atoms with Gasteiger partial charge in [0.15, 0.2) is 0 Å². The van der Waals surface area contributed by atoms with Crippen molar-refractivity contribution in [3.63, 3.8) is 0 Å². The average Bonchev–Trinajstić information content (AvgIpc) is 2.53. The SMILES string of the molecule is O=C1NCC(=O)N(Cc2ccccc2)C1C1CCCCC1. The Morgan fingerprint density at radius 1 is 1.05 bits per heavy atom. The first-order valence-electron chi connectivity index (χ1n) is 7.87. The highest BCUT2D eigenvalue weighted by atomic mass is 16.2. The van der Waals surface area contributed by atoms with Crippen LogP contribution in [0.2, 0.25) is 0 Å². The summed E-state index contributed by atoms with van der Waals surface area (Å²) < 4.78 is 0. The Kier molecular flexibility index (Phi) is 4.23. The number of amides is 2. The Balaban J connectivity index is 1.81. The quantitative estimate of drug-likeness (QED) is 0.925. The fourth-order valence-corrected chi connectivity index (χ4v) is 3.55. The van der Waals surface area contributed by atoms with E-state index in [4.69, 9.17) is 0 Å². The smallest absolute Gasteiger partial charge is 0.243 e. The van der Waals surface area contributed by atoms with Crippen LogP contribution < -0.4 is 5.32 Å². The van der Waals surface area contributed by atoms with Crippen molar-refractivity contribution in [3.8, 4) is 0 Å². The summed E-state index contributed by atoms with van der Waals surface area (Å²) >= 11 is 0. The molecule has 3 rings (SSSR count). The third kappa shape index (κ3) is 3.09. The molecule has 1 saturated heterocycles. The predicted molar refractivity (Wildman–Crippen MR) is 80.4 cm³/mol. The third-order valence-corrected chi connectivity index (χ3v) is 4.63. The fraction of sp³-hybridized carbons (Fsp3) is 0.529.